The van der Waals surface area contributed by atoms with E-state index in [-0.39, 0.29) is 5.91 Å². The molecule has 0 radical (unpaired) electrons. The largest absolute Gasteiger partial charge is 0.490 e. The van der Waals surface area contributed by atoms with Gasteiger partial charge in [0.15, 0.2) is 23.3 Å². The van der Waals surface area contributed by atoms with Crippen molar-refractivity contribution in [2.24, 2.45) is 4.99 Å². The van der Waals surface area contributed by atoms with E-state index in [0.29, 0.717) is 41.3 Å². The topological polar surface area (TPSA) is 88.4 Å². The fourth-order valence-electron chi connectivity index (χ4n) is 3.57. The van der Waals surface area contributed by atoms with Crippen molar-refractivity contribution in [2.45, 2.75) is 20.0 Å². The monoisotopic (exact) mass is 502 g/mol. The highest BCUT2D eigenvalue weighted by molar-refractivity contribution is 8.18. The fourth-order valence-corrected chi connectivity index (χ4v) is 4.54. The van der Waals surface area contributed by atoms with Crippen molar-refractivity contribution < 1.29 is 24.2 Å². The number of amidine groups is 1. The maximum Gasteiger partial charge on any atom is 0.341 e. The molecule has 0 unspecified atom stereocenters. The minimum absolute atomic E-state index is 0.125. The van der Waals surface area contributed by atoms with Crippen LogP contribution < -0.4 is 9.47 Å². The minimum atomic E-state index is -1.07. The van der Waals surface area contributed by atoms with E-state index in [1.165, 1.54) is 11.8 Å². The Hall–Kier alpha value is -4.04. The molecule has 0 saturated carbocycles. The zero-order valence-corrected chi connectivity index (χ0v) is 20.6. The lowest BCUT2D eigenvalue weighted by Crippen LogP contribution is -2.28. The van der Waals surface area contributed by atoms with E-state index in [9.17, 15) is 9.59 Å². The quantitative estimate of drug-likeness (QED) is 0.383. The summed E-state index contributed by atoms with van der Waals surface area (Å²) in [5.74, 6) is -0.442. The Balaban J connectivity index is 1.62. The van der Waals surface area contributed by atoms with Gasteiger partial charge in [0.2, 0.25) is 0 Å². The molecule has 1 heterocycles. The molecule has 3 aromatic carbocycles. The molecule has 1 fully saturated rings. The highest BCUT2D eigenvalue weighted by Crippen LogP contribution is 2.36. The number of aliphatic imine (C=N–C) groups is 1. The maximum absolute atomic E-state index is 13.4. The lowest BCUT2D eigenvalue weighted by atomic mass is 10.1. The number of ether oxygens (including phenoxy) is 2. The maximum atomic E-state index is 13.4. The van der Waals surface area contributed by atoms with Crippen molar-refractivity contribution in [1.82, 2.24) is 4.90 Å². The molecule has 1 N–H and O–H groups in total. The number of carbonyl (C=O) groups excluding carboxylic acids is 1. The smallest absolute Gasteiger partial charge is 0.341 e. The van der Waals surface area contributed by atoms with E-state index in [1.807, 2.05) is 67.6 Å². The number of hydrogen-bond acceptors (Lipinski definition) is 6. The Labute approximate surface area is 214 Å². The number of carboxylic acids is 1. The van der Waals surface area contributed by atoms with Gasteiger partial charge in [-0.25, -0.2) is 4.79 Å². The molecule has 0 aliphatic carbocycles. The molecule has 0 bridgehead atoms. The summed E-state index contributed by atoms with van der Waals surface area (Å²) < 4.78 is 11.0. The van der Waals surface area contributed by atoms with Gasteiger partial charge < -0.3 is 14.6 Å². The average molecular weight is 503 g/mol. The van der Waals surface area contributed by atoms with Gasteiger partial charge in [-0.2, -0.15) is 0 Å². The minimum Gasteiger partial charge on any atom is -0.490 e. The van der Waals surface area contributed by atoms with E-state index >= 15 is 0 Å². The van der Waals surface area contributed by atoms with Crippen LogP contribution in [0.3, 0.4) is 0 Å². The first-order valence-electron chi connectivity index (χ1n) is 11.5. The molecule has 4 rings (SSSR count). The Bertz CT molecular complexity index is 1280. The Kier molecular flexibility index (Phi) is 8.41. The molecular formula is C28H26N2O5S. The zero-order valence-electron chi connectivity index (χ0n) is 19.8. The second-order valence-corrected chi connectivity index (χ2v) is 8.90. The predicted octanol–water partition coefficient (Wildman–Crippen LogP) is 5.22. The first-order chi connectivity index (χ1) is 17.5. The van der Waals surface area contributed by atoms with Crippen molar-refractivity contribution in [2.75, 3.05) is 13.2 Å². The normalized spacial score (nSPS) is 15.5. The average Bonchev–Trinajstić information content (AvgIpc) is 3.17. The van der Waals surface area contributed by atoms with Gasteiger partial charge in [0.25, 0.3) is 5.91 Å². The van der Waals surface area contributed by atoms with Gasteiger partial charge in [0.1, 0.15) is 0 Å². The number of carboxylic acid groups (broad SMARTS) is 1. The number of nitrogens with zero attached hydrogens (tertiary/aromatic N) is 2. The van der Waals surface area contributed by atoms with E-state index in [1.54, 1.807) is 29.2 Å². The van der Waals surface area contributed by atoms with Crippen molar-refractivity contribution in [3.63, 3.8) is 0 Å². The SMILES string of the molecule is CCOc1cc(/C=C2/SC(=NCc3ccccc3)N(Cc3ccccc3)C2=O)ccc1OCC(=O)O. The van der Waals surface area contributed by atoms with Crippen LogP contribution in [0.25, 0.3) is 6.08 Å². The summed E-state index contributed by atoms with van der Waals surface area (Å²) in [6.07, 6.45) is 1.79. The van der Waals surface area contributed by atoms with Crippen LogP contribution in [0, 0.1) is 0 Å². The van der Waals surface area contributed by atoms with Crippen LogP contribution >= 0.6 is 11.8 Å². The predicted molar refractivity (Wildman–Crippen MR) is 141 cm³/mol. The number of thioether (sulfide) groups is 1. The van der Waals surface area contributed by atoms with Gasteiger partial charge >= 0.3 is 5.97 Å². The summed E-state index contributed by atoms with van der Waals surface area (Å²) in [7, 11) is 0. The van der Waals surface area contributed by atoms with E-state index in [0.717, 1.165) is 16.7 Å². The molecule has 1 amide bonds. The molecule has 184 valence electrons. The van der Waals surface area contributed by atoms with Gasteiger partial charge in [0.05, 0.1) is 24.6 Å². The summed E-state index contributed by atoms with van der Waals surface area (Å²) in [6.45, 7) is 2.64. The summed E-state index contributed by atoms with van der Waals surface area (Å²) >= 11 is 1.34. The number of rotatable bonds is 10. The van der Waals surface area contributed by atoms with Crippen molar-refractivity contribution in [1.29, 1.82) is 0 Å². The molecule has 0 spiro atoms. The summed E-state index contributed by atoms with van der Waals surface area (Å²) in [4.78, 5) is 31.3. The fraction of sp³-hybridized carbons (Fsp3) is 0.179. The highest BCUT2D eigenvalue weighted by atomic mass is 32.2. The van der Waals surface area contributed by atoms with Gasteiger partial charge in [-0.1, -0.05) is 66.7 Å². The first-order valence-corrected chi connectivity index (χ1v) is 12.3. The molecule has 1 aliphatic rings. The number of aliphatic carboxylic acids is 1. The standard InChI is InChI=1S/C28H26N2O5S/c1-2-34-24-15-22(13-14-23(24)35-19-26(31)32)16-25-27(33)30(18-21-11-7-4-8-12-21)28(36-25)29-17-20-9-5-3-6-10-20/h3-16H,2,17-19H2,1H3,(H,31,32)/b25-16+,29-28?. The Morgan fingerprint density at radius 1 is 0.972 bits per heavy atom. The summed E-state index contributed by atoms with van der Waals surface area (Å²) in [5.41, 5.74) is 2.81. The van der Waals surface area contributed by atoms with E-state index in [2.05, 4.69) is 0 Å². The van der Waals surface area contributed by atoms with Crippen LogP contribution in [0.1, 0.15) is 23.6 Å². The highest BCUT2D eigenvalue weighted by Gasteiger charge is 2.33. The summed E-state index contributed by atoms with van der Waals surface area (Å²) in [5, 5.41) is 9.55. The van der Waals surface area contributed by atoms with Crippen LogP contribution in [-0.4, -0.2) is 40.3 Å². The van der Waals surface area contributed by atoms with Gasteiger partial charge in [-0.15, -0.1) is 0 Å². The second kappa shape index (κ2) is 12.1. The molecule has 1 saturated heterocycles. The third kappa shape index (κ3) is 6.55. The van der Waals surface area contributed by atoms with Crippen molar-refractivity contribution in [3.05, 3.63) is 100 Å². The van der Waals surface area contributed by atoms with E-state index in [4.69, 9.17) is 19.6 Å². The zero-order chi connectivity index (χ0) is 25.3. The van der Waals surface area contributed by atoms with Gasteiger partial charge in [-0.3, -0.25) is 14.7 Å². The molecule has 1 aliphatic heterocycles. The number of hydrogen-bond donors (Lipinski definition) is 1. The Morgan fingerprint density at radius 3 is 2.33 bits per heavy atom. The van der Waals surface area contributed by atoms with Gasteiger partial charge in [-0.05, 0) is 53.6 Å². The van der Waals surface area contributed by atoms with Crippen LogP contribution in [-0.2, 0) is 22.7 Å². The number of benzene rings is 3. The van der Waals surface area contributed by atoms with Crippen LogP contribution in [0.15, 0.2) is 88.8 Å². The molecule has 0 aromatic heterocycles. The van der Waals surface area contributed by atoms with Crippen molar-refractivity contribution >= 4 is 34.9 Å². The number of amides is 1. The van der Waals surface area contributed by atoms with Crippen LogP contribution in [0.2, 0.25) is 0 Å². The lowest BCUT2D eigenvalue weighted by molar-refractivity contribution is -0.139. The third-order valence-electron chi connectivity index (χ3n) is 5.23. The molecular weight excluding hydrogens is 476 g/mol. The second-order valence-electron chi connectivity index (χ2n) is 7.89. The Morgan fingerprint density at radius 2 is 1.67 bits per heavy atom. The lowest BCUT2D eigenvalue weighted by Gasteiger charge is -2.15. The van der Waals surface area contributed by atoms with Crippen LogP contribution in [0.5, 0.6) is 11.5 Å². The van der Waals surface area contributed by atoms with Crippen molar-refractivity contribution in [3.8, 4) is 11.5 Å². The van der Waals surface area contributed by atoms with E-state index < -0.39 is 12.6 Å². The molecule has 3 aromatic rings. The number of carbonyl (C=O) groups is 2. The third-order valence-corrected chi connectivity index (χ3v) is 6.27. The molecule has 7 nitrogen and oxygen atoms in total. The molecule has 36 heavy (non-hydrogen) atoms. The summed E-state index contributed by atoms with van der Waals surface area (Å²) in [6, 6.07) is 24.9. The van der Waals surface area contributed by atoms with Gasteiger partial charge in [0, 0.05) is 0 Å². The first kappa shape index (κ1) is 25.1. The van der Waals surface area contributed by atoms with Crippen LogP contribution in [0.4, 0.5) is 0 Å². The molecule has 8 heteroatoms. The molecule has 0 atom stereocenters.